The predicted molar refractivity (Wildman–Crippen MR) is 141 cm³/mol. The van der Waals surface area contributed by atoms with E-state index in [2.05, 4.69) is 15.3 Å². The summed E-state index contributed by atoms with van der Waals surface area (Å²) in [5.41, 5.74) is 4.01. The number of amides is 1. The molecule has 6 rings (SSSR count). The van der Waals surface area contributed by atoms with Gasteiger partial charge in [-0.3, -0.25) is 9.36 Å². The molecule has 0 fully saturated rings. The number of furan rings is 1. The standard InChI is InChI=1S/C29H22N6O2/c36-28(32-18-21-10-12-27(31-17-21)34-15-14-30-20-34)13-11-23-19-35(24-7-2-1-3-8-24)33-29(23)26-16-22-6-4-5-9-25(22)37-26/h1-17,19-20H,18H2,(H,32,36)/b13-11+. The zero-order chi connectivity index (χ0) is 25.0. The van der Waals surface area contributed by atoms with Gasteiger partial charge in [-0.15, -0.1) is 0 Å². The zero-order valence-electron chi connectivity index (χ0n) is 19.7. The highest BCUT2D eigenvalue weighted by molar-refractivity contribution is 5.93. The third kappa shape index (κ3) is 4.81. The third-order valence-corrected chi connectivity index (χ3v) is 5.88. The fraction of sp³-hybridized carbons (Fsp3) is 0.0345. The lowest BCUT2D eigenvalue weighted by Gasteiger charge is -2.04. The lowest BCUT2D eigenvalue weighted by atomic mass is 10.2. The second-order valence-corrected chi connectivity index (χ2v) is 8.41. The van der Waals surface area contributed by atoms with Crippen LogP contribution in [0.3, 0.4) is 0 Å². The SMILES string of the molecule is O=C(/C=C/c1cn(-c2ccccc2)nc1-c1cc2ccccc2o1)NCc1ccc(-n2ccnc2)nc1. The number of hydrogen-bond donors (Lipinski definition) is 1. The molecule has 0 saturated heterocycles. The smallest absolute Gasteiger partial charge is 0.244 e. The average Bonchev–Trinajstić information content (AvgIpc) is 3.71. The first-order valence-electron chi connectivity index (χ1n) is 11.8. The summed E-state index contributed by atoms with van der Waals surface area (Å²) in [4.78, 5) is 21.1. The molecule has 0 aliphatic rings. The highest BCUT2D eigenvalue weighted by atomic mass is 16.3. The van der Waals surface area contributed by atoms with Crippen LogP contribution in [0.4, 0.5) is 0 Å². The Hall–Kier alpha value is -5.24. The molecule has 1 N–H and O–H groups in total. The highest BCUT2D eigenvalue weighted by Gasteiger charge is 2.15. The van der Waals surface area contributed by atoms with Crippen molar-refractivity contribution in [2.75, 3.05) is 0 Å². The van der Waals surface area contributed by atoms with Crippen molar-refractivity contribution in [1.29, 1.82) is 0 Å². The summed E-state index contributed by atoms with van der Waals surface area (Å²) in [5.74, 6) is 1.18. The molecule has 8 heteroatoms. The van der Waals surface area contributed by atoms with Crippen molar-refractivity contribution in [3.63, 3.8) is 0 Å². The number of benzene rings is 2. The van der Waals surface area contributed by atoms with Crippen molar-refractivity contribution in [2.45, 2.75) is 6.54 Å². The monoisotopic (exact) mass is 486 g/mol. The Morgan fingerprint density at radius 3 is 2.68 bits per heavy atom. The van der Waals surface area contributed by atoms with Gasteiger partial charge in [0.1, 0.15) is 23.4 Å². The minimum Gasteiger partial charge on any atom is -0.454 e. The van der Waals surface area contributed by atoms with Gasteiger partial charge in [0.05, 0.1) is 5.69 Å². The summed E-state index contributed by atoms with van der Waals surface area (Å²) >= 11 is 0. The van der Waals surface area contributed by atoms with Crippen LogP contribution in [-0.4, -0.2) is 30.2 Å². The molecule has 0 unspecified atom stereocenters. The fourth-order valence-electron chi connectivity index (χ4n) is 3.99. The van der Waals surface area contributed by atoms with Gasteiger partial charge < -0.3 is 9.73 Å². The van der Waals surface area contributed by atoms with E-state index in [1.54, 1.807) is 29.5 Å². The van der Waals surface area contributed by atoms with Gasteiger partial charge >= 0.3 is 0 Å². The van der Waals surface area contributed by atoms with E-state index in [1.165, 1.54) is 6.08 Å². The van der Waals surface area contributed by atoms with E-state index in [0.29, 0.717) is 18.0 Å². The Morgan fingerprint density at radius 1 is 1.03 bits per heavy atom. The van der Waals surface area contributed by atoms with Gasteiger partial charge in [0.25, 0.3) is 0 Å². The number of carbonyl (C=O) groups is 1. The highest BCUT2D eigenvalue weighted by Crippen LogP contribution is 2.30. The van der Waals surface area contributed by atoms with Crippen molar-refractivity contribution in [2.24, 2.45) is 0 Å². The molecule has 2 aromatic carbocycles. The molecule has 0 aliphatic heterocycles. The predicted octanol–water partition coefficient (Wildman–Crippen LogP) is 5.20. The number of aromatic nitrogens is 5. The Balaban J connectivity index is 1.21. The van der Waals surface area contributed by atoms with E-state index < -0.39 is 0 Å². The van der Waals surface area contributed by atoms with E-state index in [4.69, 9.17) is 9.52 Å². The summed E-state index contributed by atoms with van der Waals surface area (Å²) in [6.07, 6.45) is 12.1. The molecular weight excluding hydrogens is 464 g/mol. The second kappa shape index (κ2) is 9.79. The first-order chi connectivity index (χ1) is 18.2. The average molecular weight is 487 g/mol. The molecule has 37 heavy (non-hydrogen) atoms. The van der Waals surface area contributed by atoms with Gasteiger partial charge in [0.2, 0.25) is 5.91 Å². The summed E-state index contributed by atoms with van der Waals surface area (Å²) in [6.45, 7) is 0.361. The Labute approximate surface area is 212 Å². The minimum atomic E-state index is -0.221. The molecule has 0 saturated carbocycles. The third-order valence-electron chi connectivity index (χ3n) is 5.88. The Morgan fingerprint density at radius 2 is 1.89 bits per heavy atom. The summed E-state index contributed by atoms with van der Waals surface area (Å²) in [5, 5.41) is 8.67. The molecule has 0 bridgehead atoms. The van der Waals surface area contributed by atoms with Gasteiger partial charge in [0, 0.05) is 48.4 Å². The maximum absolute atomic E-state index is 12.6. The molecule has 180 valence electrons. The molecule has 4 heterocycles. The van der Waals surface area contributed by atoms with Gasteiger partial charge in [-0.2, -0.15) is 5.10 Å². The van der Waals surface area contributed by atoms with Crippen molar-refractivity contribution >= 4 is 23.0 Å². The van der Waals surface area contributed by atoms with E-state index in [1.807, 2.05) is 89.8 Å². The van der Waals surface area contributed by atoms with E-state index >= 15 is 0 Å². The number of nitrogens with one attached hydrogen (secondary N) is 1. The normalized spacial score (nSPS) is 11.4. The number of imidazole rings is 1. The fourth-order valence-corrected chi connectivity index (χ4v) is 3.99. The molecule has 0 atom stereocenters. The lowest BCUT2D eigenvalue weighted by molar-refractivity contribution is -0.116. The van der Waals surface area contributed by atoms with E-state index in [0.717, 1.165) is 33.6 Å². The summed E-state index contributed by atoms with van der Waals surface area (Å²) < 4.78 is 9.67. The first-order valence-corrected chi connectivity index (χ1v) is 11.8. The molecule has 0 radical (unpaired) electrons. The number of hydrogen-bond acceptors (Lipinski definition) is 5. The lowest BCUT2D eigenvalue weighted by Crippen LogP contribution is -2.20. The summed E-state index contributed by atoms with van der Waals surface area (Å²) in [6, 6.07) is 23.4. The maximum atomic E-state index is 12.6. The van der Waals surface area contributed by atoms with E-state index in [9.17, 15) is 4.79 Å². The number of rotatable bonds is 7. The van der Waals surface area contributed by atoms with Crippen LogP contribution in [-0.2, 0) is 11.3 Å². The molecule has 0 aliphatic carbocycles. The molecule has 6 aromatic rings. The number of nitrogens with zero attached hydrogens (tertiary/aromatic N) is 5. The largest absolute Gasteiger partial charge is 0.454 e. The molecule has 1 amide bonds. The molecule has 8 nitrogen and oxygen atoms in total. The summed E-state index contributed by atoms with van der Waals surface area (Å²) in [7, 11) is 0. The van der Waals surface area contributed by atoms with Crippen LogP contribution in [0.2, 0.25) is 0 Å². The maximum Gasteiger partial charge on any atom is 0.244 e. The number of fused-ring (bicyclic) bond motifs is 1. The number of para-hydroxylation sites is 2. The van der Waals surface area contributed by atoms with Crippen LogP contribution >= 0.6 is 0 Å². The van der Waals surface area contributed by atoms with Crippen molar-refractivity contribution in [3.8, 4) is 23.0 Å². The molecule has 4 aromatic heterocycles. The van der Waals surface area contributed by atoms with E-state index in [-0.39, 0.29) is 5.91 Å². The van der Waals surface area contributed by atoms with Crippen molar-refractivity contribution in [3.05, 3.63) is 121 Å². The van der Waals surface area contributed by atoms with Crippen LogP contribution in [0, 0.1) is 0 Å². The van der Waals surface area contributed by atoms with Gasteiger partial charge in [-0.1, -0.05) is 42.5 Å². The molecule has 0 spiro atoms. The van der Waals surface area contributed by atoms with Gasteiger partial charge in [-0.05, 0) is 42.0 Å². The number of carbonyl (C=O) groups excluding carboxylic acids is 1. The van der Waals surface area contributed by atoms with Gasteiger partial charge in [0.15, 0.2) is 5.76 Å². The topological polar surface area (TPSA) is 90.8 Å². The molecular formula is C29H22N6O2. The van der Waals surface area contributed by atoms with Crippen LogP contribution in [0.25, 0.3) is 40.0 Å². The number of pyridine rings is 1. The minimum absolute atomic E-state index is 0.221. The van der Waals surface area contributed by atoms with Crippen molar-refractivity contribution in [1.82, 2.24) is 29.6 Å². The van der Waals surface area contributed by atoms with Crippen LogP contribution in [0.1, 0.15) is 11.1 Å². The van der Waals surface area contributed by atoms with Crippen LogP contribution in [0.15, 0.2) is 114 Å². The van der Waals surface area contributed by atoms with Crippen LogP contribution < -0.4 is 5.32 Å². The van der Waals surface area contributed by atoms with Gasteiger partial charge in [-0.25, -0.2) is 14.6 Å². The quantitative estimate of drug-likeness (QED) is 0.314. The van der Waals surface area contributed by atoms with Crippen LogP contribution in [0.5, 0.6) is 0 Å². The van der Waals surface area contributed by atoms with Crippen molar-refractivity contribution < 1.29 is 9.21 Å². The Kier molecular flexibility index (Phi) is 5.88. The first kappa shape index (κ1) is 22.2. The Bertz CT molecular complexity index is 1650. The second-order valence-electron chi connectivity index (χ2n) is 8.41. The zero-order valence-corrected chi connectivity index (χ0v) is 19.7.